The molecular weight excluding hydrogens is 432 g/mol. The van der Waals surface area contributed by atoms with Crippen molar-refractivity contribution in [2.75, 3.05) is 13.2 Å². The molecule has 34 heavy (non-hydrogen) atoms. The van der Waals surface area contributed by atoms with E-state index < -0.39 is 12.2 Å². The van der Waals surface area contributed by atoms with Crippen molar-refractivity contribution in [3.63, 3.8) is 0 Å². The van der Waals surface area contributed by atoms with Crippen molar-refractivity contribution >= 4 is 12.2 Å². The molecule has 2 amide bonds. The van der Waals surface area contributed by atoms with Gasteiger partial charge in [-0.15, -0.1) is 0 Å². The van der Waals surface area contributed by atoms with Crippen molar-refractivity contribution in [1.82, 2.24) is 10.6 Å². The van der Waals surface area contributed by atoms with Crippen LogP contribution in [0, 0.1) is 22.7 Å². The Morgan fingerprint density at radius 1 is 0.559 bits per heavy atom. The van der Waals surface area contributed by atoms with Crippen molar-refractivity contribution < 1.29 is 19.1 Å². The van der Waals surface area contributed by atoms with Gasteiger partial charge in [-0.3, -0.25) is 10.6 Å². The maximum Gasteiger partial charge on any atom is 0.412 e. The molecule has 0 heterocycles. The number of rotatable bonds is 20. The van der Waals surface area contributed by atoms with E-state index in [-0.39, 0.29) is 24.6 Å². The molecule has 0 atom stereocenters. The van der Waals surface area contributed by atoms with Gasteiger partial charge in [-0.05, 0) is 12.8 Å². The highest BCUT2D eigenvalue weighted by molar-refractivity contribution is 5.74. The van der Waals surface area contributed by atoms with Gasteiger partial charge in [0.15, 0.2) is 11.4 Å². The predicted octanol–water partition coefficient (Wildman–Crippen LogP) is 6.98. The van der Waals surface area contributed by atoms with Crippen LogP contribution in [0.4, 0.5) is 9.59 Å². The highest BCUT2D eigenvalue weighted by atomic mass is 16.6. The molecule has 8 nitrogen and oxygen atoms in total. The third kappa shape index (κ3) is 18.8. The van der Waals surface area contributed by atoms with Crippen LogP contribution < -0.4 is 10.6 Å². The van der Waals surface area contributed by atoms with Gasteiger partial charge in [-0.2, -0.15) is 10.5 Å². The zero-order chi connectivity index (χ0) is 25.3. The molecule has 0 spiro atoms. The Morgan fingerprint density at radius 2 is 0.853 bits per heavy atom. The predicted molar refractivity (Wildman–Crippen MR) is 132 cm³/mol. The number of carbonyl (C=O) groups excluding carboxylic acids is 2. The maximum atomic E-state index is 11.9. The Kier molecular flexibility index (Phi) is 21.5. The lowest BCUT2D eigenvalue weighted by molar-refractivity contribution is 0.144. The lowest BCUT2D eigenvalue weighted by Crippen LogP contribution is -2.30. The molecule has 0 unspecified atom stereocenters. The minimum absolute atomic E-state index is 0.232. The fourth-order valence-corrected chi connectivity index (χ4v) is 3.37. The molecule has 8 heteroatoms. The Hall–Kier alpha value is -2.74. The van der Waals surface area contributed by atoms with E-state index >= 15 is 0 Å². The van der Waals surface area contributed by atoms with Crippen LogP contribution >= 0.6 is 0 Å². The standard InChI is InChI=1S/C26H44N4O4/c1-3-5-7-9-11-13-15-17-19-33-25(31)29-23(21-27)24(22-28)30-26(32)34-20-18-16-14-12-10-8-6-4-2/h3-20H2,1-2H3,(H,29,31)(H,30,32)/b24-23-. The van der Waals surface area contributed by atoms with Crippen molar-refractivity contribution in [2.24, 2.45) is 0 Å². The van der Waals surface area contributed by atoms with Gasteiger partial charge in [0.2, 0.25) is 0 Å². The summed E-state index contributed by atoms with van der Waals surface area (Å²) < 4.78 is 10.1. The van der Waals surface area contributed by atoms with E-state index in [2.05, 4.69) is 24.5 Å². The molecule has 0 aliphatic carbocycles. The van der Waals surface area contributed by atoms with Crippen molar-refractivity contribution in [1.29, 1.82) is 10.5 Å². The average Bonchev–Trinajstić information content (AvgIpc) is 2.84. The van der Waals surface area contributed by atoms with Crippen LogP contribution in [0.3, 0.4) is 0 Å². The summed E-state index contributed by atoms with van der Waals surface area (Å²) in [5.41, 5.74) is -0.764. The molecule has 2 N–H and O–H groups in total. The number of hydrogen-bond donors (Lipinski definition) is 2. The highest BCUT2D eigenvalue weighted by Crippen LogP contribution is 2.09. The van der Waals surface area contributed by atoms with Crippen LogP contribution in [-0.4, -0.2) is 25.4 Å². The van der Waals surface area contributed by atoms with Crippen LogP contribution in [-0.2, 0) is 9.47 Å². The smallest absolute Gasteiger partial charge is 0.412 e. The van der Waals surface area contributed by atoms with Crippen molar-refractivity contribution in [3.8, 4) is 12.1 Å². The Labute approximate surface area is 206 Å². The number of unbranched alkanes of at least 4 members (excludes halogenated alkanes) is 14. The fourth-order valence-electron chi connectivity index (χ4n) is 3.37. The first-order chi connectivity index (χ1) is 16.6. The van der Waals surface area contributed by atoms with Crippen LogP contribution in [0.1, 0.15) is 117 Å². The third-order valence-electron chi connectivity index (χ3n) is 5.39. The molecule has 0 bridgehead atoms. The number of carbonyl (C=O) groups is 2. The molecule has 0 rings (SSSR count). The summed E-state index contributed by atoms with van der Waals surface area (Å²) in [6.45, 7) is 4.84. The van der Waals surface area contributed by atoms with Gasteiger partial charge in [0.25, 0.3) is 0 Å². The van der Waals surface area contributed by atoms with E-state index in [1.165, 1.54) is 64.2 Å². The first kappa shape index (κ1) is 31.3. The fraction of sp³-hybridized carbons (Fsp3) is 0.769. The first-order valence-corrected chi connectivity index (χ1v) is 13.0. The third-order valence-corrected chi connectivity index (χ3v) is 5.39. The molecule has 0 aliphatic rings. The van der Waals surface area contributed by atoms with Gasteiger partial charge in [0.05, 0.1) is 13.2 Å². The SMILES string of the molecule is CCCCCCCCCCOC(=O)N/C(C#N)=C(/C#N)NC(=O)OCCCCCCCCCC. The van der Waals surface area contributed by atoms with Gasteiger partial charge in [-0.1, -0.05) is 104 Å². The van der Waals surface area contributed by atoms with E-state index in [1.54, 1.807) is 12.1 Å². The lowest BCUT2D eigenvalue weighted by atomic mass is 10.1. The number of hydrogen-bond acceptors (Lipinski definition) is 6. The lowest BCUT2D eigenvalue weighted by Gasteiger charge is -2.09. The summed E-state index contributed by atoms with van der Waals surface area (Å²) in [6.07, 6.45) is 16.3. The Balaban J connectivity index is 4.11. The number of nitrogens with one attached hydrogen (secondary N) is 2. The molecule has 0 saturated carbocycles. The van der Waals surface area contributed by atoms with Crippen LogP contribution in [0.5, 0.6) is 0 Å². The largest absolute Gasteiger partial charge is 0.449 e. The minimum atomic E-state index is -0.832. The zero-order valence-electron chi connectivity index (χ0n) is 21.3. The van der Waals surface area contributed by atoms with Crippen molar-refractivity contribution in [3.05, 3.63) is 11.4 Å². The highest BCUT2D eigenvalue weighted by Gasteiger charge is 2.14. The van der Waals surface area contributed by atoms with Crippen LogP contribution in [0.15, 0.2) is 11.4 Å². The van der Waals surface area contributed by atoms with E-state index in [1.807, 2.05) is 0 Å². The maximum absolute atomic E-state index is 11.9. The molecule has 0 radical (unpaired) electrons. The summed E-state index contributed by atoms with van der Waals surface area (Å²) in [5, 5.41) is 22.9. The van der Waals surface area contributed by atoms with Crippen LogP contribution in [0.2, 0.25) is 0 Å². The first-order valence-electron chi connectivity index (χ1n) is 13.0. The molecular formula is C26H44N4O4. The topological polar surface area (TPSA) is 124 Å². The summed E-state index contributed by atoms with van der Waals surface area (Å²) in [5.74, 6) is 0. The zero-order valence-corrected chi connectivity index (χ0v) is 21.3. The second kappa shape index (κ2) is 23.4. The quantitative estimate of drug-likeness (QED) is 0.144. The van der Waals surface area contributed by atoms with E-state index in [0.29, 0.717) is 0 Å². The van der Waals surface area contributed by atoms with Gasteiger partial charge >= 0.3 is 12.2 Å². The molecule has 0 aromatic carbocycles. The van der Waals surface area contributed by atoms with Gasteiger partial charge in [0, 0.05) is 0 Å². The number of allylic oxidation sites excluding steroid dienone is 2. The van der Waals surface area contributed by atoms with Crippen LogP contribution in [0.25, 0.3) is 0 Å². The summed E-state index contributed by atoms with van der Waals surface area (Å²) in [6, 6.07) is 3.41. The second-order valence-electron chi connectivity index (χ2n) is 8.45. The number of alkyl carbamates (subject to hydrolysis) is 2. The van der Waals surface area contributed by atoms with Gasteiger partial charge < -0.3 is 9.47 Å². The minimum Gasteiger partial charge on any atom is -0.449 e. The number of nitrogens with zero attached hydrogens (tertiary/aromatic N) is 2. The van der Waals surface area contributed by atoms with E-state index in [4.69, 9.17) is 9.47 Å². The molecule has 0 saturated heterocycles. The molecule has 0 aromatic heterocycles. The molecule has 0 aliphatic heterocycles. The second-order valence-corrected chi connectivity index (χ2v) is 8.45. The summed E-state index contributed by atoms with van der Waals surface area (Å²) in [7, 11) is 0. The number of amides is 2. The molecule has 0 fully saturated rings. The molecule has 192 valence electrons. The Bertz CT molecular complexity index is 609. The van der Waals surface area contributed by atoms with Gasteiger partial charge in [0.1, 0.15) is 12.1 Å². The monoisotopic (exact) mass is 476 g/mol. The average molecular weight is 477 g/mol. The molecule has 0 aromatic rings. The van der Waals surface area contributed by atoms with E-state index in [0.717, 1.165) is 38.5 Å². The van der Waals surface area contributed by atoms with Gasteiger partial charge in [-0.25, -0.2) is 9.59 Å². The number of nitriles is 2. The summed E-state index contributed by atoms with van der Waals surface area (Å²) in [4.78, 5) is 23.8. The van der Waals surface area contributed by atoms with E-state index in [9.17, 15) is 20.1 Å². The normalized spacial score (nSPS) is 11.1. The summed E-state index contributed by atoms with van der Waals surface area (Å²) >= 11 is 0. The Morgan fingerprint density at radius 3 is 1.15 bits per heavy atom. The number of ether oxygens (including phenoxy) is 2. The van der Waals surface area contributed by atoms with Crippen molar-refractivity contribution in [2.45, 2.75) is 117 Å².